The number of hydrogen-bond acceptors (Lipinski definition) is 3. The van der Waals surface area contributed by atoms with Gasteiger partial charge in [-0.3, -0.25) is 0 Å². The molecule has 0 radical (unpaired) electrons. The molecule has 3 heteroatoms. The summed E-state index contributed by atoms with van der Waals surface area (Å²) in [5.74, 6) is -0.282. The Morgan fingerprint density at radius 3 is 2.30 bits per heavy atom. The smallest absolute Gasteiger partial charge is 0.338 e. The third-order valence-corrected chi connectivity index (χ3v) is 3.92. The SMILES string of the molecule is CC(C)(C)OC(=O)c1cccc(NC2Cc3ccccc3C2)c1. The molecule has 3 rings (SSSR count). The van der Waals surface area contributed by atoms with Gasteiger partial charge in [-0.25, -0.2) is 4.79 Å². The molecule has 0 spiro atoms. The van der Waals surface area contributed by atoms with Crippen LogP contribution in [0.2, 0.25) is 0 Å². The monoisotopic (exact) mass is 309 g/mol. The van der Waals surface area contributed by atoms with Crippen molar-refractivity contribution in [3.05, 3.63) is 65.2 Å². The van der Waals surface area contributed by atoms with Crippen LogP contribution in [-0.2, 0) is 17.6 Å². The summed E-state index contributed by atoms with van der Waals surface area (Å²) in [4.78, 5) is 12.2. The molecule has 0 heterocycles. The number of hydrogen-bond donors (Lipinski definition) is 1. The minimum absolute atomic E-state index is 0.282. The number of rotatable bonds is 3. The van der Waals surface area contributed by atoms with Crippen molar-refractivity contribution in [3.63, 3.8) is 0 Å². The van der Waals surface area contributed by atoms with E-state index in [2.05, 4.69) is 29.6 Å². The molecule has 0 fully saturated rings. The van der Waals surface area contributed by atoms with Crippen molar-refractivity contribution in [2.24, 2.45) is 0 Å². The number of anilines is 1. The molecule has 1 N–H and O–H groups in total. The maximum atomic E-state index is 12.2. The number of carbonyl (C=O) groups is 1. The lowest BCUT2D eigenvalue weighted by Crippen LogP contribution is -2.24. The third kappa shape index (κ3) is 3.92. The molecule has 120 valence electrons. The van der Waals surface area contributed by atoms with E-state index in [0.29, 0.717) is 11.6 Å². The Morgan fingerprint density at radius 2 is 1.70 bits per heavy atom. The zero-order valence-corrected chi connectivity index (χ0v) is 13.9. The van der Waals surface area contributed by atoms with Gasteiger partial charge in [0.25, 0.3) is 0 Å². The minimum Gasteiger partial charge on any atom is -0.456 e. The molecule has 0 aliphatic heterocycles. The van der Waals surface area contributed by atoms with Crippen LogP contribution >= 0.6 is 0 Å². The van der Waals surface area contributed by atoms with Crippen LogP contribution in [0.25, 0.3) is 0 Å². The molecule has 3 nitrogen and oxygen atoms in total. The van der Waals surface area contributed by atoms with Gasteiger partial charge < -0.3 is 10.1 Å². The van der Waals surface area contributed by atoms with Crippen molar-refractivity contribution in [2.45, 2.75) is 45.3 Å². The Kier molecular flexibility index (Phi) is 4.12. The Labute approximate surface area is 137 Å². The van der Waals surface area contributed by atoms with Crippen LogP contribution in [0.1, 0.15) is 42.3 Å². The molecule has 0 saturated heterocycles. The molecule has 23 heavy (non-hydrogen) atoms. The van der Waals surface area contributed by atoms with Crippen molar-refractivity contribution in [1.29, 1.82) is 0 Å². The fraction of sp³-hybridized carbons (Fsp3) is 0.350. The maximum Gasteiger partial charge on any atom is 0.338 e. The van der Waals surface area contributed by atoms with E-state index in [4.69, 9.17) is 4.74 Å². The highest BCUT2D eigenvalue weighted by Gasteiger charge is 2.21. The summed E-state index contributed by atoms with van der Waals surface area (Å²) in [6, 6.07) is 16.5. The Bertz CT molecular complexity index is 691. The van der Waals surface area contributed by atoms with E-state index in [-0.39, 0.29) is 5.97 Å². The van der Waals surface area contributed by atoms with Crippen LogP contribution in [0.3, 0.4) is 0 Å². The first kappa shape index (κ1) is 15.6. The Morgan fingerprint density at radius 1 is 1.04 bits per heavy atom. The zero-order valence-electron chi connectivity index (χ0n) is 13.9. The third-order valence-electron chi connectivity index (χ3n) is 3.92. The largest absolute Gasteiger partial charge is 0.456 e. The van der Waals surface area contributed by atoms with E-state index in [1.807, 2.05) is 39.0 Å². The van der Waals surface area contributed by atoms with Gasteiger partial charge >= 0.3 is 5.97 Å². The van der Waals surface area contributed by atoms with Gasteiger partial charge in [-0.2, -0.15) is 0 Å². The summed E-state index contributed by atoms with van der Waals surface area (Å²) in [6.45, 7) is 5.63. The van der Waals surface area contributed by atoms with E-state index >= 15 is 0 Å². The van der Waals surface area contributed by atoms with Gasteiger partial charge in [0.1, 0.15) is 5.60 Å². The Balaban J connectivity index is 1.68. The number of nitrogens with one attached hydrogen (secondary N) is 1. The molecule has 0 aromatic heterocycles. The number of benzene rings is 2. The van der Waals surface area contributed by atoms with Crippen molar-refractivity contribution in [1.82, 2.24) is 0 Å². The number of carbonyl (C=O) groups excluding carboxylic acids is 1. The summed E-state index contributed by atoms with van der Waals surface area (Å²) in [7, 11) is 0. The predicted octanol–water partition coefficient (Wildman–Crippen LogP) is 4.22. The van der Waals surface area contributed by atoms with E-state index in [9.17, 15) is 4.79 Å². The minimum atomic E-state index is -0.479. The lowest BCUT2D eigenvalue weighted by Gasteiger charge is -2.20. The summed E-state index contributed by atoms with van der Waals surface area (Å²) < 4.78 is 5.43. The van der Waals surface area contributed by atoms with Gasteiger partial charge in [-0.05, 0) is 62.9 Å². The van der Waals surface area contributed by atoms with Crippen molar-refractivity contribution < 1.29 is 9.53 Å². The number of esters is 1. The zero-order chi connectivity index (χ0) is 16.4. The first-order valence-electron chi connectivity index (χ1n) is 8.07. The van der Waals surface area contributed by atoms with E-state index in [0.717, 1.165) is 18.5 Å². The molecule has 0 bridgehead atoms. The first-order chi connectivity index (χ1) is 10.9. The van der Waals surface area contributed by atoms with Crippen LogP contribution in [0, 0.1) is 0 Å². The Hall–Kier alpha value is -2.29. The van der Waals surface area contributed by atoms with Gasteiger partial charge in [-0.1, -0.05) is 30.3 Å². The molecule has 1 aliphatic rings. The molecule has 1 aliphatic carbocycles. The quantitative estimate of drug-likeness (QED) is 0.863. The molecule has 0 unspecified atom stereocenters. The van der Waals surface area contributed by atoms with Gasteiger partial charge in [0, 0.05) is 11.7 Å². The lowest BCUT2D eigenvalue weighted by molar-refractivity contribution is 0.00696. The molecule has 0 atom stereocenters. The van der Waals surface area contributed by atoms with Crippen LogP contribution in [-0.4, -0.2) is 17.6 Å². The van der Waals surface area contributed by atoms with Gasteiger partial charge in [0.2, 0.25) is 0 Å². The summed E-state index contributed by atoms with van der Waals surface area (Å²) in [5.41, 5.74) is 3.89. The number of ether oxygens (including phenoxy) is 1. The maximum absolute atomic E-state index is 12.2. The predicted molar refractivity (Wildman–Crippen MR) is 92.9 cm³/mol. The molecular formula is C20H23NO2. The highest BCUT2D eigenvalue weighted by molar-refractivity contribution is 5.90. The average molecular weight is 309 g/mol. The van der Waals surface area contributed by atoms with Gasteiger partial charge in [0.05, 0.1) is 5.56 Å². The fourth-order valence-electron chi connectivity index (χ4n) is 2.97. The second kappa shape index (κ2) is 6.07. The molecule has 0 amide bonds. The second-order valence-electron chi connectivity index (χ2n) is 7.10. The summed E-state index contributed by atoms with van der Waals surface area (Å²) >= 11 is 0. The summed E-state index contributed by atoms with van der Waals surface area (Å²) in [6.07, 6.45) is 2.04. The van der Waals surface area contributed by atoms with Crippen LogP contribution in [0.4, 0.5) is 5.69 Å². The van der Waals surface area contributed by atoms with E-state index in [1.54, 1.807) is 6.07 Å². The van der Waals surface area contributed by atoms with Crippen molar-refractivity contribution >= 4 is 11.7 Å². The normalized spacial score (nSPS) is 14.4. The van der Waals surface area contributed by atoms with E-state index in [1.165, 1.54) is 11.1 Å². The highest BCUT2D eigenvalue weighted by atomic mass is 16.6. The second-order valence-corrected chi connectivity index (χ2v) is 7.10. The molecular weight excluding hydrogens is 286 g/mol. The van der Waals surface area contributed by atoms with Crippen LogP contribution in [0.5, 0.6) is 0 Å². The highest BCUT2D eigenvalue weighted by Crippen LogP contribution is 2.25. The standard InChI is InChI=1S/C20H23NO2/c1-20(2,3)23-19(22)16-9-6-10-17(13-16)21-18-11-14-7-4-5-8-15(14)12-18/h4-10,13,18,21H,11-12H2,1-3H3. The molecule has 2 aromatic rings. The van der Waals surface area contributed by atoms with E-state index < -0.39 is 5.60 Å². The lowest BCUT2D eigenvalue weighted by atomic mass is 10.1. The van der Waals surface area contributed by atoms with Crippen LogP contribution < -0.4 is 5.32 Å². The van der Waals surface area contributed by atoms with Gasteiger partial charge in [0.15, 0.2) is 0 Å². The van der Waals surface area contributed by atoms with Gasteiger partial charge in [-0.15, -0.1) is 0 Å². The summed E-state index contributed by atoms with van der Waals surface area (Å²) in [5, 5.41) is 3.54. The van der Waals surface area contributed by atoms with Crippen molar-refractivity contribution in [2.75, 3.05) is 5.32 Å². The first-order valence-corrected chi connectivity index (χ1v) is 8.07. The molecule has 2 aromatic carbocycles. The number of fused-ring (bicyclic) bond motifs is 1. The average Bonchev–Trinajstić information content (AvgIpc) is 2.88. The van der Waals surface area contributed by atoms with Crippen LogP contribution in [0.15, 0.2) is 48.5 Å². The topological polar surface area (TPSA) is 38.3 Å². The van der Waals surface area contributed by atoms with Crippen molar-refractivity contribution in [3.8, 4) is 0 Å². The molecule has 0 saturated carbocycles. The fourth-order valence-corrected chi connectivity index (χ4v) is 2.97.